The summed E-state index contributed by atoms with van der Waals surface area (Å²) < 4.78 is 0. The number of hydrogen-bond acceptors (Lipinski definition) is 2. The zero-order valence-corrected chi connectivity index (χ0v) is 10.6. The van der Waals surface area contributed by atoms with E-state index in [1.54, 1.807) is 0 Å². The third kappa shape index (κ3) is 1.93. The van der Waals surface area contributed by atoms with Crippen molar-refractivity contribution in [3.05, 3.63) is 34.9 Å². The normalized spacial score (nSPS) is 22.3. The van der Waals surface area contributed by atoms with Gasteiger partial charge in [0.15, 0.2) is 0 Å². The first kappa shape index (κ1) is 11.7. The number of fused-ring (bicyclic) bond motifs is 1. The first-order valence-electron chi connectivity index (χ1n) is 6.83. The zero-order chi connectivity index (χ0) is 12.5. The Morgan fingerprint density at radius 2 is 2.11 bits per heavy atom. The minimum absolute atomic E-state index is 0.0192. The highest BCUT2D eigenvalue weighted by molar-refractivity contribution is 5.95. The Bertz CT molecular complexity index is 470. The van der Waals surface area contributed by atoms with Crippen molar-refractivity contribution in [1.82, 2.24) is 4.90 Å². The van der Waals surface area contributed by atoms with Gasteiger partial charge in [0.25, 0.3) is 5.91 Å². The van der Waals surface area contributed by atoms with Crippen LogP contribution in [0.15, 0.2) is 18.2 Å². The van der Waals surface area contributed by atoms with E-state index in [4.69, 9.17) is 0 Å². The lowest BCUT2D eigenvalue weighted by Gasteiger charge is -2.23. The van der Waals surface area contributed by atoms with Crippen molar-refractivity contribution in [2.75, 3.05) is 13.2 Å². The van der Waals surface area contributed by atoms with Crippen LogP contribution in [-0.2, 0) is 12.8 Å². The maximum atomic E-state index is 12.4. The molecule has 1 fully saturated rings. The van der Waals surface area contributed by atoms with Crippen molar-refractivity contribution in [2.24, 2.45) is 0 Å². The molecular weight excluding hydrogens is 226 g/mol. The van der Waals surface area contributed by atoms with E-state index >= 15 is 0 Å². The maximum Gasteiger partial charge on any atom is 0.254 e. The number of aliphatic hydroxyl groups excluding tert-OH is 1. The van der Waals surface area contributed by atoms with Crippen LogP contribution in [0.4, 0.5) is 0 Å². The molecule has 1 aromatic rings. The first-order valence-corrected chi connectivity index (χ1v) is 6.83. The average Bonchev–Trinajstić information content (AvgIpc) is 3.05. The van der Waals surface area contributed by atoms with Crippen molar-refractivity contribution in [1.29, 1.82) is 0 Å². The molecule has 3 nitrogen and oxygen atoms in total. The number of aliphatic hydroxyl groups is 1. The second kappa shape index (κ2) is 4.73. The van der Waals surface area contributed by atoms with Gasteiger partial charge in [0.1, 0.15) is 0 Å². The van der Waals surface area contributed by atoms with Crippen LogP contribution in [0.3, 0.4) is 0 Å². The molecule has 0 spiro atoms. The standard InChI is InChI=1S/C15H19NO2/c17-10-14-5-2-8-16(14)15(18)13-7-6-11-3-1-4-12(11)9-13/h6-7,9,14,17H,1-5,8,10H2/t14-/m0/s1. The third-order valence-corrected chi connectivity index (χ3v) is 4.19. The minimum atomic E-state index is 0.0192. The number of carbonyl (C=O) groups is 1. The van der Waals surface area contributed by atoms with Crippen molar-refractivity contribution in [3.63, 3.8) is 0 Å². The van der Waals surface area contributed by atoms with Crippen LogP contribution in [0.2, 0.25) is 0 Å². The highest BCUT2D eigenvalue weighted by atomic mass is 16.3. The van der Waals surface area contributed by atoms with Gasteiger partial charge in [0, 0.05) is 12.1 Å². The fourth-order valence-corrected chi connectivity index (χ4v) is 3.16. The van der Waals surface area contributed by atoms with Gasteiger partial charge in [0.05, 0.1) is 12.6 Å². The molecule has 18 heavy (non-hydrogen) atoms. The van der Waals surface area contributed by atoms with Crippen LogP contribution in [-0.4, -0.2) is 35.1 Å². The molecule has 0 radical (unpaired) electrons. The van der Waals surface area contributed by atoms with E-state index in [2.05, 4.69) is 12.1 Å². The van der Waals surface area contributed by atoms with E-state index in [9.17, 15) is 9.90 Å². The van der Waals surface area contributed by atoms with Gasteiger partial charge in [-0.1, -0.05) is 6.07 Å². The average molecular weight is 245 g/mol. The number of benzene rings is 1. The molecule has 0 saturated carbocycles. The summed E-state index contributed by atoms with van der Waals surface area (Å²) in [6.45, 7) is 0.859. The Morgan fingerprint density at radius 1 is 1.28 bits per heavy atom. The van der Waals surface area contributed by atoms with Gasteiger partial charge < -0.3 is 10.0 Å². The number of likely N-dealkylation sites (tertiary alicyclic amines) is 1. The summed E-state index contributed by atoms with van der Waals surface area (Å²) in [6, 6.07) is 6.11. The summed E-state index contributed by atoms with van der Waals surface area (Å²) in [6.07, 6.45) is 5.37. The molecule has 0 bridgehead atoms. The van der Waals surface area contributed by atoms with Crippen molar-refractivity contribution >= 4 is 5.91 Å². The van der Waals surface area contributed by atoms with Gasteiger partial charge in [-0.05, 0) is 55.4 Å². The lowest BCUT2D eigenvalue weighted by molar-refractivity contribution is 0.0677. The Hall–Kier alpha value is -1.35. The molecule has 2 aliphatic rings. The van der Waals surface area contributed by atoms with Crippen molar-refractivity contribution < 1.29 is 9.90 Å². The molecule has 0 aromatic heterocycles. The van der Waals surface area contributed by atoms with Gasteiger partial charge in [-0.15, -0.1) is 0 Å². The number of rotatable bonds is 2. The summed E-state index contributed by atoms with van der Waals surface area (Å²) in [5.74, 6) is 0.0845. The molecule has 3 heteroatoms. The van der Waals surface area contributed by atoms with Gasteiger partial charge >= 0.3 is 0 Å². The van der Waals surface area contributed by atoms with Crippen LogP contribution < -0.4 is 0 Å². The van der Waals surface area contributed by atoms with E-state index in [1.807, 2.05) is 11.0 Å². The van der Waals surface area contributed by atoms with E-state index in [-0.39, 0.29) is 18.6 Å². The molecule has 1 heterocycles. The van der Waals surface area contributed by atoms with Crippen LogP contribution in [0.1, 0.15) is 40.7 Å². The monoisotopic (exact) mass is 245 g/mol. The highest BCUT2D eigenvalue weighted by Gasteiger charge is 2.29. The fraction of sp³-hybridized carbons (Fsp3) is 0.533. The third-order valence-electron chi connectivity index (χ3n) is 4.19. The number of amides is 1. The van der Waals surface area contributed by atoms with Gasteiger partial charge in [-0.25, -0.2) is 0 Å². The summed E-state index contributed by atoms with van der Waals surface area (Å²) >= 11 is 0. The number of hydrogen-bond donors (Lipinski definition) is 1. The topological polar surface area (TPSA) is 40.5 Å². The molecule has 1 saturated heterocycles. The van der Waals surface area contributed by atoms with Gasteiger partial charge in [-0.2, -0.15) is 0 Å². The molecule has 1 aliphatic carbocycles. The highest BCUT2D eigenvalue weighted by Crippen LogP contribution is 2.25. The lowest BCUT2D eigenvalue weighted by atomic mass is 10.1. The Morgan fingerprint density at radius 3 is 2.94 bits per heavy atom. The second-order valence-corrected chi connectivity index (χ2v) is 5.31. The van der Waals surface area contributed by atoms with Crippen molar-refractivity contribution in [3.8, 4) is 0 Å². The molecule has 1 atom stereocenters. The van der Waals surface area contributed by atoms with Crippen LogP contribution >= 0.6 is 0 Å². The Labute approximate surface area is 107 Å². The number of aryl methyl sites for hydroxylation is 2. The molecule has 3 rings (SSSR count). The van der Waals surface area contributed by atoms with Crippen molar-refractivity contribution in [2.45, 2.75) is 38.1 Å². The SMILES string of the molecule is O=C(c1ccc2c(c1)CCC2)N1CCC[C@H]1CO. The molecule has 1 N–H and O–H groups in total. The quantitative estimate of drug-likeness (QED) is 0.862. The number of carbonyl (C=O) groups excluding carboxylic acids is 1. The fourth-order valence-electron chi connectivity index (χ4n) is 3.16. The first-order chi connectivity index (χ1) is 8.79. The zero-order valence-electron chi connectivity index (χ0n) is 10.6. The molecule has 1 aliphatic heterocycles. The molecular formula is C15H19NO2. The van der Waals surface area contributed by atoms with E-state index < -0.39 is 0 Å². The Kier molecular flexibility index (Phi) is 3.08. The Balaban J connectivity index is 1.84. The predicted molar refractivity (Wildman–Crippen MR) is 69.6 cm³/mol. The molecule has 0 unspecified atom stereocenters. The largest absolute Gasteiger partial charge is 0.394 e. The summed E-state index contributed by atoms with van der Waals surface area (Å²) in [5.41, 5.74) is 3.52. The number of nitrogens with zero attached hydrogens (tertiary/aromatic N) is 1. The molecule has 1 amide bonds. The van der Waals surface area contributed by atoms with Crippen LogP contribution in [0.25, 0.3) is 0 Å². The predicted octanol–water partition coefficient (Wildman–Crippen LogP) is 1.77. The van der Waals surface area contributed by atoms with E-state index in [0.717, 1.165) is 37.8 Å². The summed E-state index contributed by atoms with van der Waals surface area (Å²) in [7, 11) is 0. The second-order valence-electron chi connectivity index (χ2n) is 5.31. The van der Waals surface area contributed by atoms with E-state index in [0.29, 0.717) is 0 Å². The van der Waals surface area contributed by atoms with E-state index in [1.165, 1.54) is 17.5 Å². The maximum absolute atomic E-state index is 12.4. The van der Waals surface area contributed by atoms with Crippen LogP contribution in [0.5, 0.6) is 0 Å². The summed E-state index contributed by atoms with van der Waals surface area (Å²) in [5, 5.41) is 9.29. The lowest BCUT2D eigenvalue weighted by Crippen LogP contribution is -2.37. The van der Waals surface area contributed by atoms with Gasteiger partial charge in [0.2, 0.25) is 0 Å². The van der Waals surface area contributed by atoms with Gasteiger partial charge in [-0.3, -0.25) is 4.79 Å². The molecule has 1 aromatic carbocycles. The smallest absolute Gasteiger partial charge is 0.254 e. The molecule has 96 valence electrons. The minimum Gasteiger partial charge on any atom is -0.394 e. The van der Waals surface area contributed by atoms with Crippen LogP contribution in [0, 0.1) is 0 Å². The summed E-state index contributed by atoms with van der Waals surface area (Å²) in [4.78, 5) is 14.3.